The van der Waals surface area contributed by atoms with Crippen LogP contribution in [0.15, 0.2) is 42.5 Å². The molecular formula is C19H18BNO2. The quantitative estimate of drug-likeness (QED) is 0.571. The molecule has 0 aliphatic carbocycles. The van der Waals surface area contributed by atoms with E-state index >= 15 is 0 Å². The molecule has 0 spiro atoms. The lowest BCUT2D eigenvalue weighted by atomic mass is 9.80. The molecule has 2 heterocycles. The molecule has 0 bridgehead atoms. The average Bonchev–Trinajstić information content (AvgIpc) is 3.03. The number of rotatable bonds is 3. The molecule has 4 heteroatoms. The van der Waals surface area contributed by atoms with Gasteiger partial charge in [-0.3, -0.25) is 0 Å². The van der Waals surface area contributed by atoms with Gasteiger partial charge >= 0.3 is 7.12 Å². The Bertz CT molecular complexity index is 1050. The maximum absolute atomic E-state index is 9.47. The van der Waals surface area contributed by atoms with Crippen molar-refractivity contribution in [1.82, 2.24) is 4.40 Å². The van der Waals surface area contributed by atoms with E-state index in [9.17, 15) is 10.0 Å². The number of nitrogens with zero attached hydrogens (tertiary/aromatic N) is 1. The lowest BCUT2D eigenvalue weighted by molar-refractivity contribution is 0.426. The van der Waals surface area contributed by atoms with Gasteiger partial charge in [-0.1, -0.05) is 43.3 Å². The zero-order chi connectivity index (χ0) is 16.1. The first-order valence-electron chi connectivity index (χ1n) is 7.95. The first-order valence-corrected chi connectivity index (χ1v) is 7.95. The first-order chi connectivity index (χ1) is 11.1. The van der Waals surface area contributed by atoms with Gasteiger partial charge in [0, 0.05) is 21.9 Å². The van der Waals surface area contributed by atoms with Gasteiger partial charge in [-0.15, -0.1) is 0 Å². The van der Waals surface area contributed by atoms with E-state index in [1.807, 2.05) is 12.1 Å². The van der Waals surface area contributed by atoms with Crippen molar-refractivity contribution in [2.75, 3.05) is 0 Å². The number of fused-ring (bicyclic) bond motifs is 3. The molecule has 4 aromatic rings. The molecule has 0 saturated heterocycles. The van der Waals surface area contributed by atoms with E-state index in [4.69, 9.17) is 0 Å². The highest BCUT2D eigenvalue weighted by Crippen LogP contribution is 2.37. The molecule has 114 valence electrons. The molecule has 0 unspecified atom stereocenters. The van der Waals surface area contributed by atoms with E-state index in [2.05, 4.69) is 48.6 Å². The van der Waals surface area contributed by atoms with Crippen LogP contribution in [0.1, 0.15) is 24.6 Å². The Labute approximate surface area is 135 Å². The molecule has 2 N–H and O–H groups in total. The van der Waals surface area contributed by atoms with E-state index in [0.29, 0.717) is 5.46 Å². The van der Waals surface area contributed by atoms with Crippen molar-refractivity contribution in [2.45, 2.75) is 20.3 Å². The topological polar surface area (TPSA) is 44.9 Å². The minimum atomic E-state index is -1.44. The van der Waals surface area contributed by atoms with Crippen LogP contribution in [0, 0.1) is 6.92 Å². The molecule has 3 nitrogen and oxygen atoms in total. The molecule has 23 heavy (non-hydrogen) atoms. The van der Waals surface area contributed by atoms with Gasteiger partial charge in [-0.05, 0) is 36.5 Å². The van der Waals surface area contributed by atoms with Gasteiger partial charge in [-0.25, -0.2) is 0 Å². The Balaban J connectivity index is 2.20. The second-order valence-corrected chi connectivity index (χ2v) is 6.01. The fraction of sp³-hybridized carbons (Fsp3) is 0.158. The third kappa shape index (κ3) is 1.92. The molecular weight excluding hydrogens is 285 g/mol. The lowest BCUT2D eigenvalue weighted by Crippen LogP contribution is -2.29. The van der Waals surface area contributed by atoms with E-state index < -0.39 is 7.12 Å². The van der Waals surface area contributed by atoms with Crippen LogP contribution in [-0.2, 0) is 0 Å². The Morgan fingerprint density at radius 3 is 2.61 bits per heavy atom. The number of aromatic nitrogens is 1. The number of aryl methyl sites for hydroxylation is 1. The van der Waals surface area contributed by atoms with Gasteiger partial charge in [0.2, 0.25) is 0 Å². The Kier molecular flexibility index (Phi) is 3.18. The highest BCUT2D eigenvalue weighted by atomic mass is 16.4. The number of benzene rings is 2. The van der Waals surface area contributed by atoms with E-state index in [-0.39, 0.29) is 0 Å². The Hall–Kier alpha value is -2.30. The molecule has 4 rings (SSSR count). The predicted octanol–water partition coefficient (Wildman–Crippen LogP) is 3.09. The van der Waals surface area contributed by atoms with E-state index in [0.717, 1.165) is 22.7 Å². The van der Waals surface area contributed by atoms with Gasteiger partial charge in [0.1, 0.15) is 0 Å². The Morgan fingerprint density at radius 1 is 1.09 bits per heavy atom. The second kappa shape index (κ2) is 5.12. The summed E-state index contributed by atoms with van der Waals surface area (Å²) >= 11 is 0. The summed E-state index contributed by atoms with van der Waals surface area (Å²) in [5.41, 5.74) is 5.31. The normalized spacial score (nSPS) is 12.3. The SMILES string of the molecule is CC/C=C\c1c(C)c2cccc3c4cc(B(O)O)ccc4n1c23. The van der Waals surface area contributed by atoms with E-state index in [1.54, 1.807) is 6.07 Å². The predicted molar refractivity (Wildman–Crippen MR) is 97.5 cm³/mol. The molecule has 0 amide bonds. The zero-order valence-corrected chi connectivity index (χ0v) is 13.2. The van der Waals surface area contributed by atoms with Crippen molar-refractivity contribution in [2.24, 2.45) is 0 Å². The first kappa shape index (κ1) is 14.3. The van der Waals surface area contributed by atoms with Gasteiger partial charge in [0.15, 0.2) is 0 Å². The van der Waals surface area contributed by atoms with Gasteiger partial charge in [-0.2, -0.15) is 0 Å². The van der Waals surface area contributed by atoms with Crippen LogP contribution in [0.25, 0.3) is 33.3 Å². The fourth-order valence-corrected chi connectivity index (χ4v) is 3.53. The molecule has 0 atom stereocenters. The maximum Gasteiger partial charge on any atom is 0.488 e. The summed E-state index contributed by atoms with van der Waals surface area (Å²) in [4.78, 5) is 0. The molecule has 0 aliphatic rings. The summed E-state index contributed by atoms with van der Waals surface area (Å²) in [7, 11) is -1.44. The minimum absolute atomic E-state index is 0.522. The van der Waals surface area contributed by atoms with Crippen molar-refractivity contribution in [3.8, 4) is 0 Å². The molecule has 0 aliphatic heterocycles. The monoisotopic (exact) mass is 303 g/mol. The smallest absolute Gasteiger partial charge is 0.423 e. The third-order valence-electron chi connectivity index (χ3n) is 4.65. The third-order valence-corrected chi connectivity index (χ3v) is 4.65. The van der Waals surface area contributed by atoms with Gasteiger partial charge in [0.25, 0.3) is 0 Å². The van der Waals surface area contributed by atoms with Crippen molar-refractivity contribution in [3.63, 3.8) is 0 Å². The molecule has 0 saturated carbocycles. The van der Waals surface area contributed by atoms with Crippen molar-refractivity contribution < 1.29 is 10.0 Å². The minimum Gasteiger partial charge on any atom is -0.423 e. The number of hydrogen-bond donors (Lipinski definition) is 2. The zero-order valence-electron chi connectivity index (χ0n) is 13.2. The molecule has 0 radical (unpaired) electrons. The van der Waals surface area contributed by atoms with E-state index in [1.165, 1.54) is 22.2 Å². The number of para-hydroxylation sites is 1. The number of hydrogen-bond acceptors (Lipinski definition) is 2. The van der Waals surface area contributed by atoms with Gasteiger partial charge in [0.05, 0.1) is 11.0 Å². The highest BCUT2D eigenvalue weighted by Gasteiger charge is 2.19. The Morgan fingerprint density at radius 2 is 1.87 bits per heavy atom. The van der Waals surface area contributed by atoms with Gasteiger partial charge < -0.3 is 14.4 Å². The molecule has 2 aromatic heterocycles. The fourth-order valence-electron chi connectivity index (χ4n) is 3.53. The van der Waals surface area contributed by atoms with Crippen LogP contribution in [0.4, 0.5) is 0 Å². The lowest BCUT2D eigenvalue weighted by Gasteiger charge is -2.02. The average molecular weight is 303 g/mol. The molecule has 0 fully saturated rings. The highest BCUT2D eigenvalue weighted by molar-refractivity contribution is 6.59. The van der Waals surface area contributed by atoms with Crippen molar-refractivity contribution >= 4 is 45.8 Å². The summed E-state index contributed by atoms with van der Waals surface area (Å²) in [5, 5.41) is 22.4. The standard InChI is InChI=1S/C19H18BNO2/c1-3-4-8-17-12(2)14-6-5-7-15-16-11-13(20(22)23)9-10-18(16)21(17)19(14)15/h4-11,22-23H,3H2,1-2H3/b8-4-. The summed E-state index contributed by atoms with van der Waals surface area (Å²) in [6.45, 7) is 4.29. The van der Waals surface area contributed by atoms with Crippen LogP contribution in [0.2, 0.25) is 0 Å². The number of allylic oxidation sites excluding steroid dienone is 1. The summed E-state index contributed by atoms with van der Waals surface area (Å²) in [5.74, 6) is 0. The maximum atomic E-state index is 9.47. The largest absolute Gasteiger partial charge is 0.488 e. The second-order valence-electron chi connectivity index (χ2n) is 6.01. The van der Waals surface area contributed by atoms with Crippen molar-refractivity contribution in [3.05, 3.63) is 53.7 Å². The van der Waals surface area contributed by atoms with Crippen LogP contribution in [0.3, 0.4) is 0 Å². The summed E-state index contributed by atoms with van der Waals surface area (Å²) in [6.07, 6.45) is 5.35. The van der Waals surface area contributed by atoms with Crippen LogP contribution in [0.5, 0.6) is 0 Å². The molecule has 2 aromatic carbocycles. The van der Waals surface area contributed by atoms with Crippen LogP contribution < -0.4 is 5.46 Å². The van der Waals surface area contributed by atoms with Crippen LogP contribution >= 0.6 is 0 Å². The summed E-state index contributed by atoms with van der Waals surface area (Å²) < 4.78 is 2.29. The summed E-state index contributed by atoms with van der Waals surface area (Å²) in [6, 6.07) is 12.0. The van der Waals surface area contributed by atoms with Crippen LogP contribution in [-0.4, -0.2) is 21.6 Å². The van der Waals surface area contributed by atoms with Crippen molar-refractivity contribution in [1.29, 1.82) is 0 Å².